The average molecular weight is 281 g/mol. The lowest BCUT2D eigenvalue weighted by molar-refractivity contribution is -0.126. The Hall–Kier alpha value is -0.940. The summed E-state index contributed by atoms with van der Waals surface area (Å²) < 4.78 is 0. The van der Waals surface area contributed by atoms with Crippen LogP contribution in [-0.2, 0) is 17.8 Å². The van der Waals surface area contributed by atoms with E-state index in [4.69, 9.17) is 0 Å². The van der Waals surface area contributed by atoms with Gasteiger partial charge in [0.25, 0.3) is 0 Å². The highest BCUT2D eigenvalue weighted by Crippen LogP contribution is 2.16. The molecule has 1 amide bonds. The molecule has 1 N–H and O–H groups in total. The Morgan fingerprint density at radius 2 is 2.37 bits per heavy atom. The molecular formula is C14H23N3OS. The molecule has 4 nitrogen and oxygen atoms in total. The number of likely N-dealkylation sites (tertiary alicyclic amines) is 1. The van der Waals surface area contributed by atoms with Gasteiger partial charge in [0.05, 0.1) is 18.3 Å². The van der Waals surface area contributed by atoms with Crippen LogP contribution in [0.25, 0.3) is 0 Å². The number of likely N-dealkylation sites (N-methyl/N-ethyl adjacent to an activating group) is 1. The summed E-state index contributed by atoms with van der Waals surface area (Å²) in [5, 5.41) is 6.10. The van der Waals surface area contributed by atoms with E-state index < -0.39 is 0 Å². The molecule has 1 aromatic rings. The highest BCUT2D eigenvalue weighted by molar-refractivity contribution is 7.09. The first-order chi connectivity index (χ1) is 9.20. The van der Waals surface area contributed by atoms with Gasteiger partial charge in [0.2, 0.25) is 5.91 Å². The predicted molar refractivity (Wildman–Crippen MR) is 78.2 cm³/mol. The summed E-state index contributed by atoms with van der Waals surface area (Å²) >= 11 is 1.63. The number of hydrogen-bond donors (Lipinski definition) is 1. The summed E-state index contributed by atoms with van der Waals surface area (Å²) in [7, 11) is 2.05. The molecule has 0 aliphatic carbocycles. The largest absolute Gasteiger partial charge is 0.348 e. The minimum absolute atomic E-state index is 0.0353. The number of aromatic nitrogens is 1. The van der Waals surface area contributed by atoms with Crippen LogP contribution in [0.3, 0.4) is 0 Å². The fourth-order valence-electron chi connectivity index (χ4n) is 2.46. The Balaban J connectivity index is 1.85. The molecule has 1 fully saturated rings. The summed E-state index contributed by atoms with van der Waals surface area (Å²) in [5.41, 5.74) is 1.11. The maximum Gasteiger partial charge on any atom is 0.237 e. The van der Waals surface area contributed by atoms with Crippen molar-refractivity contribution in [2.75, 3.05) is 13.6 Å². The summed E-state index contributed by atoms with van der Waals surface area (Å²) in [6.07, 6.45) is 5.52. The van der Waals surface area contributed by atoms with E-state index in [1.165, 1.54) is 12.8 Å². The molecule has 1 aliphatic heterocycles. The molecule has 1 saturated heterocycles. The number of aryl methyl sites for hydroxylation is 1. The molecule has 0 saturated carbocycles. The van der Waals surface area contributed by atoms with Crippen LogP contribution in [0.4, 0.5) is 0 Å². The number of rotatable bonds is 4. The Morgan fingerprint density at radius 3 is 3.11 bits per heavy atom. The van der Waals surface area contributed by atoms with E-state index in [9.17, 15) is 4.79 Å². The first-order valence-electron chi connectivity index (χ1n) is 7.12. The highest BCUT2D eigenvalue weighted by Gasteiger charge is 2.24. The SMILES string of the molecule is CCc1csc(CNC(=O)[C@H]2CCCCCN2C)n1. The second kappa shape index (κ2) is 7.01. The van der Waals surface area contributed by atoms with Gasteiger partial charge in [-0.25, -0.2) is 4.98 Å². The van der Waals surface area contributed by atoms with Crippen LogP contribution in [0.2, 0.25) is 0 Å². The molecule has 1 aliphatic rings. The van der Waals surface area contributed by atoms with Gasteiger partial charge in [-0.3, -0.25) is 9.69 Å². The lowest BCUT2D eigenvalue weighted by atomic mass is 10.1. The van der Waals surface area contributed by atoms with E-state index in [-0.39, 0.29) is 11.9 Å². The lowest BCUT2D eigenvalue weighted by Gasteiger charge is -2.24. The van der Waals surface area contributed by atoms with E-state index >= 15 is 0 Å². The van der Waals surface area contributed by atoms with Crippen molar-refractivity contribution in [3.63, 3.8) is 0 Å². The second-order valence-electron chi connectivity index (χ2n) is 5.15. The smallest absolute Gasteiger partial charge is 0.237 e. The molecule has 1 aromatic heterocycles. The first-order valence-corrected chi connectivity index (χ1v) is 8.00. The topological polar surface area (TPSA) is 45.2 Å². The Morgan fingerprint density at radius 1 is 1.53 bits per heavy atom. The van der Waals surface area contributed by atoms with Crippen molar-refractivity contribution in [1.82, 2.24) is 15.2 Å². The fourth-order valence-corrected chi connectivity index (χ4v) is 3.27. The normalized spacial score (nSPS) is 21.1. The van der Waals surface area contributed by atoms with E-state index in [2.05, 4.69) is 27.5 Å². The minimum Gasteiger partial charge on any atom is -0.348 e. The molecule has 0 unspecified atom stereocenters. The van der Waals surface area contributed by atoms with Gasteiger partial charge in [0.15, 0.2) is 0 Å². The molecule has 2 rings (SSSR count). The van der Waals surface area contributed by atoms with Crippen molar-refractivity contribution < 1.29 is 4.79 Å². The van der Waals surface area contributed by atoms with E-state index in [0.29, 0.717) is 6.54 Å². The van der Waals surface area contributed by atoms with Crippen molar-refractivity contribution >= 4 is 17.2 Å². The van der Waals surface area contributed by atoms with E-state index in [1.807, 2.05) is 7.05 Å². The van der Waals surface area contributed by atoms with Gasteiger partial charge in [0.1, 0.15) is 5.01 Å². The zero-order chi connectivity index (χ0) is 13.7. The van der Waals surface area contributed by atoms with Gasteiger partial charge >= 0.3 is 0 Å². The zero-order valence-electron chi connectivity index (χ0n) is 11.8. The maximum atomic E-state index is 12.2. The van der Waals surface area contributed by atoms with Gasteiger partial charge < -0.3 is 5.32 Å². The van der Waals surface area contributed by atoms with Crippen molar-refractivity contribution in [2.24, 2.45) is 0 Å². The Labute approximate surface area is 119 Å². The number of nitrogens with zero attached hydrogens (tertiary/aromatic N) is 2. The number of amides is 1. The Kier molecular flexibility index (Phi) is 5.34. The summed E-state index contributed by atoms with van der Waals surface area (Å²) in [6.45, 7) is 3.68. The number of carbonyl (C=O) groups is 1. The monoisotopic (exact) mass is 281 g/mol. The fraction of sp³-hybridized carbons (Fsp3) is 0.714. The molecule has 1 atom stereocenters. The minimum atomic E-state index is 0.0353. The molecule has 5 heteroatoms. The average Bonchev–Trinajstić information content (AvgIpc) is 2.77. The van der Waals surface area contributed by atoms with Crippen LogP contribution < -0.4 is 5.32 Å². The van der Waals surface area contributed by atoms with Crippen LogP contribution in [0, 0.1) is 0 Å². The number of thiazole rings is 1. The van der Waals surface area contributed by atoms with Gasteiger partial charge in [0, 0.05) is 5.38 Å². The van der Waals surface area contributed by atoms with Crippen LogP contribution >= 0.6 is 11.3 Å². The number of hydrogen-bond acceptors (Lipinski definition) is 4. The lowest BCUT2D eigenvalue weighted by Crippen LogP contribution is -2.44. The summed E-state index contributed by atoms with van der Waals surface area (Å²) in [4.78, 5) is 18.9. The third-order valence-electron chi connectivity index (χ3n) is 3.70. The zero-order valence-corrected chi connectivity index (χ0v) is 12.6. The first kappa shape index (κ1) is 14.5. The maximum absolute atomic E-state index is 12.2. The molecule has 0 radical (unpaired) electrons. The van der Waals surface area contributed by atoms with Crippen LogP contribution in [0.5, 0.6) is 0 Å². The van der Waals surface area contributed by atoms with Gasteiger partial charge in [-0.2, -0.15) is 0 Å². The van der Waals surface area contributed by atoms with Crippen LogP contribution in [0.1, 0.15) is 43.3 Å². The number of carbonyl (C=O) groups excluding carboxylic acids is 1. The highest BCUT2D eigenvalue weighted by atomic mass is 32.1. The van der Waals surface area contributed by atoms with Crippen molar-refractivity contribution in [3.8, 4) is 0 Å². The van der Waals surface area contributed by atoms with Crippen LogP contribution in [-0.4, -0.2) is 35.4 Å². The third kappa shape index (κ3) is 4.01. The van der Waals surface area contributed by atoms with Gasteiger partial charge in [-0.1, -0.05) is 19.8 Å². The van der Waals surface area contributed by atoms with E-state index in [1.54, 1.807) is 11.3 Å². The van der Waals surface area contributed by atoms with Crippen molar-refractivity contribution in [1.29, 1.82) is 0 Å². The molecule has 106 valence electrons. The molecule has 0 bridgehead atoms. The third-order valence-corrected chi connectivity index (χ3v) is 4.60. The van der Waals surface area contributed by atoms with Crippen molar-refractivity contribution in [2.45, 2.75) is 51.6 Å². The van der Waals surface area contributed by atoms with E-state index in [0.717, 1.165) is 36.5 Å². The standard InChI is InChI=1S/C14H23N3OS/c1-3-11-10-19-13(16-11)9-15-14(18)12-7-5-4-6-8-17(12)2/h10,12H,3-9H2,1-2H3,(H,15,18)/t12-/m1/s1. The molecule has 19 heavy (non-hydrogen) atoms. The number of nitrogens with one attached hydrogen (secondary N) is 1. The van der Waals surface area contributed by atoms with Crippen LogP contribution in [0.15, 0.2) is 5.38 Å². The van der Waals surface area contributed by atoms with Gasteiger partial charge in [-0.15, -0.1) is 11.3 Å². The quantitative estimate of drug-likeness (QED) is 0.920. The molecular weight excluding hydrogens is 258 g/mol. The molecule has 0 spiro atoms. The second-order valence-corrected chi connectivity index (χ2v) is 6.09. The van der Waals surface area contributed by atoms with Gasteiger partial charge in [-0.05, 0) is 32.9 Å². The van der Waals surface area contributed by atoms with Crippen molar-refractivity contribution in [3.05, 3.63) is 16.1 Å². The summed E-state index contributed by atoms with van der Waals surface area (Å²) in [6, 6.07) is 0.0353. The summed E-state index contributed by atoms with van der Waals surface area (Å²) in [5.74, 6) is 0.151. The molecule has 2 heterocycles. The molecule has 0 aromatic carbocycles. The predicted octanol–water partition coefficient (Wildman–Crippen LogP) is 2.20. The Bertz CT molecular complexity index is 419.